The molecule has 0 radical (unpaired) electrons. The zero-order chi connectivity index (χ0) is 20.4. The van der Waals surface area contributed by atoms with E-state index in [1.807, 2.05) is 11.0 Å². The van der Waals surface area contributed by atoms with E-state index in [1.54, 1.807) is 19.2 Å². The van der Waals surface area contributed by atoms with Gasteiger partial charge >= 0.3 is 0 Å². The first-order valence-corrected chi connectivity index (χ1v) is 10.2. The Hall–Kier alpha value is -2.57. The lowest BCUT2D eigenvalue weighted by atomic mass is 9.87. The van der Waals surface area contributed by atoms with Crippen LogP contribution in [0.1, 0.15) is 27.5 Å². The second-order valence-corrected chi connectivity index (χ2v) is 7.84. The third-order valence-electron chi connectivity index (χ3n) is 6.12. The van der Waals surface area contributed by atoms with Gasteiger partial charge in [0, 0.05) is 37.7 Å². The predicted molar refractivity (Wildman–Crippen MR) is 112 cm³/mol. The fourth-order valence-electron chi connectivity index (χ4n) is 4.70. The molecule has 1 amide bonds. The van der Waals surface area contributed by atoms with Crippen molar-refractivity contribution in [3.63, 3.8) is 0 Å². The monoisotopic (exact) mass is 395 g/mol. The number of carbonyl (C=O) groups is 1. The molecule has 6 nitrogen and oxygen atoms in total. The maximum Gasteiger partial charge on any atom is 0.254 e. The van der Waals surface area contributed by atoms with Crippen LogP contribution in [0.3, 0.4) is 0 Å². The molecule has 2 aromatic carbocycles. The molecule has 0 bridgehead atoms. The number of fused-ring (bicyclic) bond motifs is 1. The highest BCUT2D eigenvalue weighted by molar-refractivity contribution is 5.95. The molecule has 2 aromatic rings. The van der Waals surface area contributed by atoms with Crippen molar-refractivity contribution < 1.29 is 14.3 Å². The maximum absolute atomic E-state index is 13.6. The Labute approximate surface area is 172 Å². The van der Waals surface area contributed by atoms with Crippen LogP contribution < -0.4 is 20.5 Å². The van der Waals surface area contributed by atoms with Crippen LogP contribution in [0.15, 0.2) is 42.5 Å². The van der Waals surface area contributed by atoms with Gasteiger partial charge in [0.2, 0.25) is 0 Å². The number of nitrogens with zero attached hydrogens (tertiary/aromatic N) is 1. The first-order valence-electron chi connectivity index (χ1n) is 10.2. The summed E-state index contributed by atoms with van der Waals surface area (Å²) in [6.07, 6.45) is 0. The minimum Gasteiger partial charge on any atom is -0.493 e. The van der Waals surface area contributed by atoms with Crippen LogP contribution in [-0.2, 0) is 0 Å². The number of ether oxygens (including phenoxy) is 2. The quantitative estimate of drug-likeness (QED) is 0.785. The summed E-state index contributed by atoms with van der Waals surface area (Å²) in [6, 6.07) is 13.9. The number of amides is 1. The van der Waals surface area contributed by atoms with Crippen molar-refractivity contribution in [3.05, 3.63) is 59.2 Å². The summed E-state index contributed by atoms with van der Waals surface area (Å²) in [6.45, 7) is 5.57. The Morgan fingerprint density at radius 3 is 2.79 bits per heavy atom. The average molecular weight is 396 g/mol. The Kier molecular flexibility index (Phi) is 5.74. The molecule has 3 N–H and O–H groups in total. The highest BCUT2D eigenvalue weighted by atomic mass is 16.5. The molecule has 0 aromatic heterocycles. The van der Waals surface area contributed by atoms with Crippen molar-refractivity contribution in [3.8, 4) is 11.5 Å². The third kappa shape index (κ3) is 3.70. The number of hydrogen-bond donors (Lipinski definition) is 2. The van der Waals surface area contributed by atoms with Crippen molar-refractivity contribution in [2.75, 3.05) is 39.9 Å². The standard InChI is InChI=1S/C23H29N3O3/c1-15-5-3-4-6-18(15)22-19-13-25-12-17(19)14-26(22)23(27)16-7-8-20(28-2)21(11-16)29-10-9-24/h3-8,11,17,19,22,25H,9-10,12-14,24H2,1-2H3/t17-,19-,22+/m0/s1. The second kappa shape index (κ2) is 8.43. The predicted octanol–water partition coefficient (Wildman–Crippen LogP) is 2.37. The van der Waals surface area contributed by atoms with Crippen LogP contribution in [-0.4, -0.2) is 50.7 Å². The summed E-state index contributed by atoms with van der Waals surface area (Å²) in [5.41, 5.74) is 8.65. The van der Waals surface area contributed by atoms with E-state index in [4.69, 9.17) is 15.2 Å². The van der Waals surface area contributed by atoms with E-state index in [0.717, 1.165) is 19.6 Å². The number of benzene rings is 2. The number of hydrogen-bond acceptors (Lipinski definition) is 5. The van der Waals surface area contributed by atoms with Crippen LogP contribution in [0.5, 0.6) is 11.5 Å². The number of nitrogens with two attached hydrogens (primary N) is 1. The van der Waals surface area contributed by atoms with Gasteiger partial charge in [0.05, 0.1) is 13.2 Å². The van der Waals surface area contributed by atoms with Gasteiger partial charge in [0.15, 0.2) is 11.5 Å². The molecule has 2 aliphatic rings. The topological polar surface area (TPSA) is 76.8 Å². The first kappa shape index (κ1) is 19.7. The van der Waals surface area contributed by atoms with Crippen LogP contribution in [0.4, 0.5) is 0 Å². The molecule has 6 heteroatoms. The van der Waals surface area contributed by atoms with E-state index < -0.39 is 0 Å². The van der Waals surface area contributed by atoms with Gasteiger partial charge in [-0.3, -0.25) is 4.79 Å². The highest BCUT2D eigenvalue weighted by Crippen LogP contribution is 2.44. The van der Waals surface area contributed by atoms with Crippen LogP contribution in [0, 0.1) is 18.8 Å². The van der Waals surface area contributed by atoms with Crippen LogP contribution in [0.25, 0.3) is 0 Å². The molecular weight excluding hydrogens is 366 g/mol. The van der Waals surface area contributed by atoms with Gasteiger partial charge in [-0.05, 0) is 42.2 Å². The van der Waals surface area contributed by atoms with Crippen molar-refractivity contribution in [1.29, 1.82) is 0 Å². The van der Waals surface area contributed by atoms with Gasteiger partial charge in [0.25, 0.3) is 5.91 Å². The first-order chi connectivity index (χ1) is 14.1. The van der Waals surface area contributed by atoms with Crippen molar-refractivity contribution in [2.24, 2.45) is 17.6 Å². The number of carbonyl (C=O) groups excluding carboxylic acids is 1. The van der Waals surface area contributed by atoms with E-state index in [2.05, 4.69) is 36.5 Å². The van der Waals surface area contributed by atoms with E-state index in [0.29, 0.717) is 42.0 Å². The molecule has 29 heavy (non-hydrogen) atoms. The maximum atomic E-state index is 13.6. The molecule has 0 spiro atoms. The summed E-state index contributed by atoms with van der Waals surface area (Å²) in [5, 5.41) is 3.50. The summed E-state index contributed by atoms with van der Waals surface area (Å²) >= 11 is 0. The summed E-state index contributed by atoms with van der Waals surface area (Å²) < 4.78 is 11.1. The normalized spacial score (nSPS) is 23.1. The minimum absolute atomic E-state index is 0.0351. The largest absolute Gasteiger partial charge is 0.493 e. The summed E-state index contributed by atoms with van der Waals surface area (Å²) in [5.74, 6) is 2.11. The van der Waals surface area contributed by atoms with Gasteiger partial charge in [-0.25, -0.2) is 0 Å². The van der Waals surface area contributed by atoms with Gasteiger partial charge in [0.1, 0.15) is 6.61 Å². The Morgan fingerprint density at radius 2 is 2.03 bits per heavy atom. The van der Waals surface area contributed by atoms with E-state index in [9.17, 15) is 4.79 Å². The summed E-state index contributed by atoms with van der Waals surface area (Å²) in [7, 11) is 1.59. The van der Waals surface area contributed by atoms with Gasteiger partial charge in [-0.2, -0.15) is 0 Å². The van der Waals surface area contributed by atoms with Crippen LogP contribution >= 0.6 is 0 Å². The zero-order valence-corrected chi connectivity index (χ0v) is 17.1. The number of rotatable bonds is 6. The zero-order valence-electron chi connectivity index (χ0n) is 17.1. The average Bonchev–Trinajstić information content (AvgIpc) is 3.33. The highest BCUT2D eigenvalue weighted by Gasteiger charge is 2.47. The SMILES string of the molecule is COc1ccc(C(=O)N2C[C@@H]3CNC[C@@H]3[C@H]2c2ccccc2C)cc1OCCN. The lowest BCUT2D eigenvalue weighted by Crippen LogP contribution is -2.35. The molecule has 3 atom stereocenters. The minimum atomic E-state index is 0.0351. The number of nitrogens with one attached hydrogen (secondary N) is 1. The Balaban J connectivity index is 1.67. The number of likely N-dealkylation sites (tertiary alicyclic amines) is 1. The third-order valence-corrected chi connectivity index (χ3v) is 6.12. The fourth-order valence-corrected chi connectivity index (χ4v) is 4.70. The number of aryl methyl sites for hydroxylation is 1. The fraction of sp³-hybridized carbons (Fsp3) is 0.435. The Bertz CT molecular complexity index is 885. The van der Waals surface area contributed by atoms with E-state index in [-0.39, 0.29) is 11.9 Å². The van der Waals surface area contributed by atoms with Gasteiger partial charge < -0.3 is 25.4 Å². The lowest BCUT2D eigenvalue weighted by Gasteiger charge is -2.30. The van der Waals surface area contributed by atoms with Crippen LogP contribution in [0.2, 0.25) is 0 Å². The smallest absolute Gasteiger partial charge is 0.254 e. The molecule has 2 heterocycles. The van der Waals surface area contributed by atoms with Crippen molar-refractivity contribution in [2.45, 2.75) is 13.0 Å². The molecule has 4 rings (SSSR count). The van der Waals surface area contributed by atoms with Gasteiger partial charge in [-0.15, -0.1) is 0 Å². The molecule has 2 fully saturated rings. The van der Waals surface area contributed by atoms with Crippen molar-refractivity contribution >= 4 is 5.91 Å². The molecule has 2 saturated heterocycles. The molecule has 0 saturated carbocycles. The second-order valence-electron chi connectivity index (χ2n) is 7.84. The molecular formula is C23H29N3O3. The Morgan fingerprint density at radius 1 is 1.21 bits per heavy atom. The number of methoxy groups -OCH3 is 1. The molecule has 0 aliphatic carbocycles. The summed E-state index contributed by atoms with van der Waals surface area (Å²) in [4.78, 5) is 15.6. The van der Waals surface area contributed by atoms with E-state index >= 15 is 0 Å². The van der Waals surface area contributed by atoms with E-state index in [1.165, 1.54) is 11.1 Å². The lowest BCUT2D eigenvalue weighted by molar-refractivity contribution is 0.0713. The van der Waals surface area contributed by atoms with Gasteiger partial charge in [-0.1, -0.05) is 24.3 Å². The molecule has 154 valence electrons. The van der Waals surface area contributed by atoms with Crippen molar-refractivity contribution in [1.82, 2.24) is 10.2 Å². The molecule has 2 aliphatic heterocycles. The molecule has 0 unspecified atom stereocenters.